The Balaban J connectivity index is 2.21. The molecule has 16 heavy (non-hydrogen) atoms. The van der Waals surface area contributed by atoms with Crippen molar-refractivity contribution in [2.75, 3.05) is 0 Å². The van der Waals surface area contributed by atoms with Crippen molar-refractivity contribution in [1.29, 1.82) is 5.26 Å². The van der Waals surface area contributed by atoms with Gasteiger partial charge in [0.2, 0.25) is 0 Å². The van der Waals surface area contributed by atoms with E-state index < -0.39 is 0 Å². The second-order valence-electron chi connectivity index (χ2n) is 3.88. The molecule has 2 heteroatoms. The Morgan fingerprint density at radius 2 is 2.19 bits per heavy atom. The molecule has 80 valence electrons. The molecule has 1 nitrogen and oxygen atoms in total. The van der Waals surface area contributed by atoms with Gasteiger partial charge >= 0.3 is 0 Å². The number of benzene rings is 1. The Hall–Kier alpha value is -1.59. The Morgan fingerprint density at radius 1 is 1.31 bits per heavy atom. The second kappa shape index (κ2) is 4.96. The number of aryl methyl sites for hydroxylation is 1. The molecule has 2 aromatic rings. The fourth-order valence-corrected chi connectivity index (χ4v) is 2.51. The summed E-state index contributed by atoms with van der Waals surface area (Å²) in [5.41, 5.74) is 2.33. The van der Waals surface area contributed by atoms with Crippen LogP contribution < -0.4 is 0 Å². The lowest BCUT2D eigenvalue weighted by atomic mass is 9.95. The first-order valence-electron chi connectivity index (χ1n) is 5.28. The van der Waals surface area contributed by atoms with Gasteiger partial charge in [0.15, 0.2) is 0 Å². The van der Waals surface area contributed by atoms with E-state index in [2.05, 4.69) is 36.6 Å². The van der Waals surface area contributed by atoms with E-state index in [0.29, 0.717) is 0 Å². The maximum absolute atomic E-state index is 9.22. The zero-order valence-corrected chi connectivity index (χ0v) is 10.00. The predicted molar refractivity (Wildman–Crippen MR) is 67.6 cm³/mol. The first-order chi connectivity index (χ1) is 7.79. The highest BCUT2D eigenvalue weighted by Crippen LogP contribution is 2.23. The maximum atomic E-state index is 9.22. The molecule has 0 aliphatic heterocycles. The lowest BCUT2D eigenvalue weighted by Gasteiger charge is -2.08. The van der Waals surface area contributed by atoms with Crippen LogP contribution in [0.4, 0.5) is 0 Å². The molecule has 1 aromatic carbocycles. The first kappa shape index (κ1) is 10.9. The van der Waals surface area contributed by atoms with Crippen molar-refractivity contribution in [2.45, 2.75) is 19.3 Å². The summed E-state index contributed by atoms with van der Waals surface area (Å²) in [4.78, 5) is 1.27. The van der Waals surface area contributed by atoms with Gasteiger partial charge in [-0.3, -0.25) is 0 Å². The highest BCUT2D eigenvalue weighted by molar-refractivity contribution is 7.09. The first-order valence-corrected chi connectivity index (χ1v) is 6.16. The molecule has 0 aliphatic carbocycles. The molecule has 0 radical (unpaired) electrons. The molecule has 1 atom stereocenters. The van der Waals surface area contributed by atoms with Gasteiger partial charge in [-0.25, -0.2) is 0 Å². The third kappa shape index (κ3) is 2.50. The van der Waals surface area contributed by atoms with Gasteiger partial charge in [-0.05, 0) is 23.9 Å². The molecule has 0 saturated heterocycles. The second-order valence-corrected chi connectivity index (χ2v) is 4.91. The standard InChI is InChI=1S/C14H13NS/c1-11-4-2-5-12(8-11)13(10-15)9-14-6-3-7-16-14/h2-8,13H,9H2,1H3. The summed E-state index contributed by atoms with van der Waals surface area (Å²) in [6.45, 7) is 2.06. The van der Waals surface area contributed by atoms with Gasteiger partial charge in [0, 0.05) is 11.3 Å². The normalized spacial score (nSPS) is 12.0. The van der Waals surface area contributed by atoms with Crippen molar-refractivity contribution in [3.8, 4) is 6.07 Å². The number of hydrogen-bond acceptors (Lipinski definition) is 2. The minimum Gasteiger partial charge on any atom is -0.198 e. The lowest BCUT2D eigenvalue weighted by molar-refractivity contribution is 0.861. The molecular formula is C14H13NS. The van der Waals surface area contributed by atoms with Gasteiger partial charge in [0.05, 0.1) is 12.0 Å². The van der Waals surface area contributed by atoms with Crippen LogP contribution in [0.15, 0.2) is 41.8 Å². The minimum absolute atomic E-state index is 0.0291. The van der Waals surface area contributed by atoms with E-state index in [4.69, 9.17) is 0 Å². The molecular weight excluding hydrogens is 214 g/mol. The molecule has 1 aromatic heterocycles. The molecule has 0 spiro atoms. The minimum atomic E-state index is -0.0291. The Labute approximate surface area is 100.0 Å². The molecule has 0 N–H and O–H groups in total. The Bertz CT molecular complexity index is 494. The quantitative estimate of drug-likeness (QED) is 0.780. The zero-order valence-electron chi connectivity index (χ0n) is 9.18. The van der Waals surface area contributed by atoms with E-state index >= 15 is 0 Å². The fourth-order valence-electron chi connectivity index (χ4n) is 1.75. The zero-order chi connectivity index (χ0) is 11.4. The summed E-state index contributed by atoms with van der Waals surface area (Å²) < 4.78 is 0. The smallest absolute Gasteiger partial charge is 0.0760 e. The molecule has 0 saturated carbocycles. The third-order valence-corrected chi connectivity index (χ3v) is 3.48. The Morgan fingerprint density at radius 3 is 2.81 bits per heavy atom. The third-order valence-electron chi connectivity index (χ3n) is 2.59. The SMILES string of the molecule is Cc1cccc(C(C#N)Cc2cccs2)c1. The summed E-state index contributed by atoms with van der Waals surface area (Å²) in [7, 11) is 0. The lowest BCUT2D eigenvalue weighted by Crippen LogP contribution is -1.99. The topological polar surface area (TPSA) is 23.8 Å². The van der Waals surface area contributed by atoms with Crippen molar-refractivity contribution >= 4 is 11.3 Å². The number of rotatable bonds is 3. The van der Waals surface area contributed by atoms with Crippen LogP contribution in [0.25, 0.3) is 0 Å². The van der Waals surface area contributed by atoms with E-state index in [9.17, 15) is 5.26 Å². The highest BCUT2D eigenvalue weighted by Gasteiger charge is 2.11. The van der Waals surface area contributed by atoms with Gasteiger partial charge < -0.3 is 0 Å². The molecule has 0 aliphatic rings. The van der Waals surface area contributed by atoms with Crippen LogP contribution in [0.2, 0.25) is 0 Å². The maximum Gasteiger partial charge on any atom is 0.0760 e. The van der Waals surface area contributed by atoms with Crippen molar-refractivity contribution in [3.63, 3.8) is 0 Å². The van der Waals surface area contributed by atoms with Crippen LogP contribution in [-0.4, -0.2) is 0 Å². The summed E-state index contributed by atoms with van der Waals surface area (Å²) in [6, 6.07) is 14.7. The van der Waals surface area contributed by atoms with E-state index in [1.165, 1.54) is 10.4 Å². The highest BCUT2D eigenvalue weighted by atomic mass is 32.1. The van der Waals surface area contributed by atoms with E-state index in [0.717, 1.165) is 12.0 Å². The van der Waals surface area contributed by atoms with Crippen molar-refractivity contribution in [2.24, 2.45) is 0 Å². The van der Waals surface area contributed by atoms with Crippen LogP contribution in [0.3, 0.4) is 0 Å². The summed E-state index contributed by atoms with van der Waals surface area (Å²) >= 11 is 1.71. The van der Waals surface area contributed by atoms with Gasteiger partial charge in [0.25, 0.3) is 0 Å². The average Bonchev–Trinajstić information content (AvgIpc) is 2.78. The van der Waals surface area contributed by atoms with Crippen molar-refractivity contribution in [1.82, 2.24) is 0 Å². The monoisotopic (exact) mass is 227 g/mol. The molecule has 0 amide bonds. The van der Waals surface area contributed by atoms with Gasteiger partial charge in [-0.2, -0.15) is 5.26 Å². The van der Waals surface area contributed by atoms with Crippen LogP contribution in [0.1, 0.15) is 21.9 Å². The molecule has 0 bridgehead atoms. The van der Waals surface area contributed by atoms with Gasteiger partial charge in [-0.15, -0.1) is 11.3 Å². The van der Waals surface area contributed by atoms with Crippen molar-refractivity contribution in [3.05, 3.63) is 57.8 Å². The molecule has 1 unspecified atom stereocenters. The molecule has 0 fully saturated rings. The molecule has 2 rings (SSSR count). The number of nitrogens with zero attached hydrogens (tertiary/aromatic N) is 1. The largest absolute Gasteiger partial charge is 0.198 e. The van der Waals surface area contributed by atoms with Crippen LogP contribution in [0, 0.1) is 18.3 Å². The van der Waals surface area contributed by atoms with Crippen LogP contribution >= 0.6 is 11.3 Å². The fraction of sp³-hybridized carbons (Fsp3) is 0.214. The predicted octanol–water partition coefficient (Wildman–Crippen LogP) is 3.91. The van der Waals surface area contributed by atoms with Crippen molar-refractivity contribution < 1.29 is 0 Å². The summed E-state index contributed by atoms with van der Waals surface area (Å²) in [5, 5.41) is 11.3. The summed E-state index contributed by atoms with van der Waals surface area (Å²) in [5.74, 6) is -0.0291. The van der Waals surface area contributed by atoms with E-state index in [1.807, 2.05) is 18.2 Å². The van der Waals surface area contributed by atoms with E-state index in [-0.39, 0.29) is 5.92 Å². The molecule has 1 heterocycles. The Kier molecular flexibility index (Phi) is 3.38. The van der Waals surface area contributed by atoms with Gasteiger partial charge in [0.1, 0.15) is 0 Å². The van der Waals surface area contributed by atoms with Crippen LogP contribution in [-0.2, 0) is 6.42 Å². The van der Waals surface area contributed by atoms with E-state index in [1.54, 1.807) is 11.3 Å². The number of thiophene rings is 1. The number of hydrogen-bond donors (Lipinski definition) is 0. The average molecular weight is 227 g/mol. The number of nitriles is 1. The van der Waals surface area contributed by atoms with Gasteiger partial charge in [-0.1, -0.05) is 35.9 Å². The van der Waals surface area contributed by atoms with Crippen LogP contribution in [0.5, 0.6) is 0 Å². The summed E-state index contributed by atoms with van der Waals surface area (Å²) in [6.07, 6.45) is 0.817.